The van der Waals surface area contributed by atoms with E-state index in [9.17, 15) is 8.42 Å². The summed E-state index contributed by atoms with van der Waals surface area (Å²) in [4.78, 5) is 0. The maximum atomic E-state index is 10.8. The van der Waals surface area contributed by atoms with Crippen LogP contribution < -0.4 is 0 Å². The van der Waals surface area contributed by atoms with E-state index in [1.165, 1.54) is 0 Å². The Morgan fingerprint density at radius 2 is 2.20 bits per heavy atom. The molecule has 1 aliphatic rings. The molecule has 3 nitrogen and oxygen atoms in total. The van der Waals surface area contributed by atoms with Gasteiger partial charge < -0.3 is 0 Å². The SMILES string of the molecule is O=S1(=O)CCC([N+](=S)[S-])C1. The molecule has 0 bridgehead atoms. The van der Waals surface area contributed by atoms with Gasteiger partial charge in [0.05, 0.1) is 5.75 Å². The minimum Gasteiger partial charge on any atom is -0.258 e. The molecule has 0 N–H and O–H groups in total. The molecule has 0 aromatic carbocycles. The van der Waals surface area contributed by atoms with Crippen LogP contribution in [0.15, 0.2) is 0 Å². The number of sulfone groups is 1. The molecule has 1 heterocycles. The Balaban J connectivity index is 2.69. The molecule has 0 aromatic heterocycles. The summed E-state index contributed by atoms with van der Waals surface area (Å²) in [6.07, 6.45) is 0.593. The first kappa shape index (κ1) is 8.29. The number of hydrogen-bond donors (Lipinski definition) is 0. The van der Waals surface area contributed by atoms with Crippen LogP contribution in [0.4, 0.5) is 0 Å². The largest absolute Gasteiger partial charge is 0.258 e. The Bertz CT molecular complexity index is 245. The number of rotatable bonds is 1. The van der Waals surface area contributed by atoms with Crippen molar-refractivity contribution in [3.05, 3.63) is 0 Å². The molecule has 0 radical (unpaired) electrons. The van der Waals surface area contributed by atoms with Gasteiger partial charge in [-0.3, -0.25) is 3.35 Å². The lowest BCUT2D eigenvalue weighted by Gasteiger charge is -2.02. The molecule has 58 valence electrons. The summed E-state index contributed by atoms with van der Waals surface area (Å²) in [6.45, 7) is 0. The average molecular weight is 197 g/mol. The quantitative estimate of drug-likeness (QED) is 0.415. The molecular weight excluding hydrogens is 190 g/mol. The molecule has 1 rings (SSSR count). The second-order valence-corrected chi connectivity index (χ2v) is 5.59. The van der Waals surface area contributed by atoms with E-state index in [0.29, 0.717) is 6.42 Å². The van der Waals surface area contributed by atoms with Gasteiger partial charge in [-0.1, -0.05) is 25.2 Å². The van der Waals surface area contributed by atoms with Crippen molar-refractivity contribution in [2.75, 3.05) is 11.5 Å². The highest BCUT2D eigenvalue weighted by molar-refractivity contribution is 7.91. The number of hydrogen-bond acceptors (Lipinski definition) is 4. The molecule has 0 spiro atoms. The Morgan fingerprint density at radius 1 is 1.60 bits per heavy atom. The third-order valence-electron chi connectivity index (χ3n) is 1.51. The molecule has 1 saturated heterocycles. The smallest absolute Gasteiger partial charge is 0.163 e. The van der Waals surface area contributed by atoms with E-state index in [1.807, 2.05) is 0 Å². The van der Waals surface area contributed by atoms with E-state index in [0.717, 1.165) is 3.35 Å². The third-order valence-corrected chi connectivity index (χ3v) is 3.85. The molecule has 1 fully saturated rings. The summed E-state index contributed by atoms with van der Waals surface area (Å²) in [5.74, 6) is 0.376. The van der Waals surface area contributed by atoms with Gasteiger partial charge in [0, 0.05) is 6.42 Å². The first-order valence-electron chi connectivity index (χ1n) is 2.85. The van der Waals surface area contributed by atoms with Gasteiger partial charge in [-0.2, -0.15) is 0 Å². The van der Waals surface area contributed by atoms with Crippen LogP contribution in [0.3, 0.4) is 0 Å². The van der Waals surface area contributed by atoms with Gasteiger partial charge in [0.25, 0.3) is 0 Å². The van der Waals surface area contributed by atoms with Crippen LogP contribution in [0.5, 0.6) is 0 Å². The van der Waals surface area contributed by atoms with Crippen molar-refractivity contribution >= 4 is 35.1 Å². The van der Waals surface area contributed by atoms with Gasteiger partial charge in [-0.25, -0.2) is 8.42 Å². The normalized spacial score (nSPS) is 30.2. The highest BCUT2D eigenvalue weighted by Gasteiger charge is 2.32. The summed E-state index contributed by atoms with van der Waals surface area (Å²) in [6, 6.07) is -0.116. The van der Waals surface area contributed by atoms with Crippen molar-refractivity contribution in [3.8, 4) is 0 Å². The highest BCUT2D eigenvalue weighted by atomic mass is 32.2. The zero-order valence-electron chi connectivity index (χ0n) is 5.19. The molecule has 10 heavy (non-hydrogen) atoms. The molecule has 0 aromatic rings. The molecule has 0 saturated carbocycles. The van der Waals surface area contributed by atoms with E-state index in [1.54, 1.807) is 0 Å². The molecule has 1 aliphatic heterocycles. The van der Waals surface area contributed by atoms with Gasteiger partial charge in [-0.15, -0.1) is 0 Å². The monoisotopic (exact) mass is 197 g/mol. The number of nitrogens with zero attached hydrogens (tertiary/aromatic N) is 1. The second kappa shape index (κ2) is 2.67. The topological polar surface area (TPSA) is 37.1 Å². The Morgan fingerprint density at radius 3 is 2.40 bits per heavy atom. The van der Waals surface area contributed by atoms with Crippen LogP contribution in [-0.4, -0.2) is 29.3 Å². The molecular formula is C4H7NO2S3. The van der Waals surface area contributed by atoms with E-state index < -0.39 is 9.84 Å². The zero-order valence-corrected chi connectivity index (χ0v) is 7.64. The first-order valence-corrected chi connectivity index (χ1v) is 5.40. The molecule has 6 heteroatoms. The predicted octanol–water partition coefficient (Wildman–Crippen LogP) is -0.622. The summed E-state index contributed by atoms with van der Waals surface area (Å²) in [7, 11) is -2.82. The van der Waals surface area contributed by atoms with Crippen molar-refractivity contribution in [3.63, 3.8) is 0 Å². The van der Waals surface area contributed by atoms with Gasteiger partial charge in [0.1, 0.15) is 5.75 Å². The van der Waals surface area contributed by atoms with Gasteiger partial charge in [0.2, 0.25) is 0 Å². The van der Waals surface area contributed by atoms with Crippen molar-refractivity contribution in [1.82, 2.24) is 0 Å². The maximum Gasteiger partial charge on any atom is 0.163 e. The first-order chi connectivity index (χ1) is 4.51. The molecule has 1 unspecified atom stereocenters. The van der Waals surface area contributed by atoms with Crippen LogP contribution in [0.1, 0.15) is 6.42 Å². The Labute approximate surface area is 71.0 Å². The minimum atomic E-state index is -2.82. The molecule has 1 atom stereocenters. The van der Waals surface area contributed by atoms with Crippen LogP contribution >= 0.6 is 0 Å². The van der Waals surface area contributed by atoms with Gasteiger partial charge in [0.15, 0.2) is 15.9 Å². The summed E-state index contributed by atoms with van der Waals surface area (Å²) in [5.41, 5.74) is 0. The summed E-state index contributed by atoms with van der Waals surface area (Å²) in [5, 5.41) is 0. The Hall–Kier alpha value is 0.190. The average Bonchev–Trinajstić information content (AvgIpc) is 2.10. The highest BCUT2D eigenvalue weighted by Crippen LogP contribution is 2.13. The fourth-order valence-electron chi connectivity index (χ4n) is 0.942. The van der Waals surface area contributed by atoms with E-state index in [2.05, 4.69) is 25.2 Å². The van der Waals surface area contributed by atoms with Crippen LogP contribution in [0, 0.1) is 0 Å². The van der Waals surface area contributed by atoms with E-state index >= 15 is 0 Å². The summed E-state index contributed by atoms with van der Waals surface area (Å²) < 4.78 is 22.8. The van der Waals surface area contributed by atoms with Crippen LogP contribution in [0.2, 0.25) is 0 Å². The zero-order chi connectivity index (χ0) is 7.78. The van der Waals surface area contributed by atoms with Crippen LogP contribution in [-0.2, 0) is 35.1 Å². The lowest BCUT2D eigenvalue weighted by Crippen LogP contribution is -2.20. The fraction of sp³-hybridized carbons (Fsp3) is 1.00. The van der Waals surface area contributed by atoms with Crippen molar-refractivity contribution < 1.29 is 11.8 Å². The molecule has 0 aliphatic carbocycles. The van der Waals surface area contributed by atoms with Crippen molar-refractivity contribution in [1.29, 1.82) is 0 Å². The third kappa shape index (κ3) is 1.83. The standard InChI is InChI=1S/C4H7NO2S3/c6-10(7)2-1-4(3-10)5(8)9/h4H,1-3H2. The van der Waals surface area contributed by atoms with Crippen LogP contribution in [0.25, 0.3) is 0 Å². The van der Waals surface area contributed by atoms with Crippen molar-refractivity contribution in [2.45, 2.75) is 12.5 Å². The fourth-order valence-corrected chi connectivity index (χ4v) is 3.19. The summed E-state index contributed by atoms with van der Waals surface area (Å²) >= 11 is 9.25. The lowest BCUT2D eigenvalue weighted by atomic mass is 10.3. The minimum absolute atomic E-state index is 0.116. The lowest BCUT2D eigenvalue weighted by molar-refractivity contribution is -0.356. The van der Waals surface area contributed by atoms with E-state index in [4.69, 9.17) is 0 Å². The van der Waals surface area contributed by atoms with Gasteiger partial charge in [-0.05, 0) is 0 Å². The van der Waals surface area contributed by atoms with E-state index in [-0.39, 0.29) is 17.5 Å². The maximum absolute atomic E-state index is 10.8. The van der Waals surface area contributed by atoms with Gasteiger partial charge >= 0.3 is 0 Å². The van der Waals surface area contributed by atoms with Crippen molar-refractivity contribution in [2.24, 2.45) is 0 Å². The molecule has 0 amide bonds. The second-order valence-electron chi connectivity index (χ2n) is 2.34. The Kier molecular flexibility index (Phi) is 2.21. The predicted molar refractivity (Wildman–Crippen MR) is 42.0 cm³/mol.